The van der Waals surface area contributed by atoms with E-state index < -0.39 is 93.0 Å². The molecule has 8 unspecified atom stereocenters. The largest absolute Gasteiger partial charge is 0.469 e. The summed E-state index contributed by atoms with van der Waals surface area (Å²) in [6.45, 7) is 0. The Hall–Kier alpha value is -3.71. The predicted molar refractivity (Wildman–Crippen MR) is 116 cm³/mol. The first-order valence-corrected chi connectivity index (χ1v) is 11.5. The molecule has 8 atom stereocenters. The van der Waals surface area contributed by atoms with Crippen molar-refractivity contribution < 1.29 is 66.7 Å². The lowest BCUT2D eigenvalue weighted by molar-refractivity contribution is -0.257. The molecule has 0 aromatic heterocycles. The number of rotatable bonds is 7. The monoisotopic (exact) mass is 540 g/mol. The fourth-order valence-electron chi connectivity index (χ4n) is 9.27. The van der Waals surface area contributed by atoms with Crippen molar-refractivity contribution in [3.63, 3.8) is 0 Å². The molecule has 0 radical (unpaired) electrons. The molecule has 0 saturated heterocycles. The lowest BCUT2D eigenvalue weighted by atomic mass is 9.33. The number of esters is 7. The van der Waals surface area contributed by atoms with Gasteiger partial charge in [-0.05, 0) is 18.8 Å². The molecule has 6 rings (SSSR count). The van der Waals surface area contributed by atoms with Gasteiger partial charge >= 0.3 is 41.8 Å². The van der Waals surface area contributed by atoms with E-state index in [0.29, 0.717) is 0 Å². The maximum atomic E-state index is 14.0. The molecule has 208 valence electrons. The highest BCUT2D eigenvalue weighted by Crippen LogP contribution is 3.04. The molecule has 0 heterocycles. The van der Waals surface area contributed by atoms with Crippen molar-refractivity contribution in [3.05, 3.63) is 0 Å². The van der Waals surface area contributed by atoms with Gasteiger partial charge in [0.25, 0.3) is 0 Å². The first-order valence-electron chi connectivity index (χ1n) is 11.5. The SMILES string of the molecule is COC(=O)C1C(C(=O)OC)C2(C(=O)OC)C3CC1(C(=O)OC)C1(C(=O)OC)C(C(=O)OC)(C3)C21C(=O)OC. The van der Waals surface area contributed by atoms with E-state index in [4.69, 9.17) is 33.2 Å². The fourth-order valence-corrected chi connectivity index (χ4v) is 9.27. The van der Waals surface area contributed by atoms with Gasteiger partial charge in [-0.25, -0.2) is 0 Å². The van der Waals surface area contributed by atoms with Gasteiger partial charge in [0.15, 0.2) is 0 Å². The average Bonchev–Trinajstić information content (AvgIpc) is 3.46. The number of methoxy groups -OCH3 is 7. The zero-order valence-corrected chi connectivity index (χ0v) is 21.9. The minimum Gasteiger partial charge on any atom is -0.469 e. The maximum Gasteiger partial charge on any atom is 0.315 e. The summed E-state index contributed by atoms with van der Waals surface area (Å²) in [7, 11) is 6.77. The maximum absolute atomic E-state index is 14.0. The van der Waals surface area contributed by atoms with E-state index in [-0.39, 0.29) is 6.42 Å². The molecule has 0 aromatic rings. The van der Waals surface area contributed by atoms with Crippen molar-refractivity contribution in [1.82, 2.24) is 0 Å². The molecule has 6 aliphatic carbocycles. The number of fused-ring (bicyclic) bond motifs is 1. The topological polar surface area (TPSA) is 184 Å². The van der Waals surface area contributed by atoms with Crippen LogP contribution in [0, 0.1) is 44.8 Å². The third kappa shape index (κ3) is 2.08. The van der Waals surface area contributed by atoms with Crippen molar-refractivity contribution in [3.8, 4) is 0 Å². The predicted octanol–water partition coefficient (Wildman–Crippen LogP) is -1.19. The molecule has 6 bridgehead atoms. The van der Waals surface area contributed by atoms with E-state index in [1.54, 1.807) is 0 Å². The highest BCUT2D eigenvalue weighted by molar-refractivity contribution is 6.18. The molecule has 6 fully saturated rings. The molecule has 0 spiro atoms. The number of ether oxygens (including phenoxy) is 7. The third-order valence-corrected chi connectivity index (χ3v) is 9.69. The van der Waals surface area contributed by atoms with Gasteiger partial charge in [0.1, 0.15) is 27.1 Å². The van der Waals surface area contributed by atoms with Gasteiger partial charge in [-0.3, -0.25) is 33.6 Å². The Kier molecular flexibility index (Phi) is 5.86. The highest BCUT2D eigenvalue weighted by Gasteiger charge is 3.17. The second kappa shape index (κ2) is 8.14. The Morgan fingerprint density at radius 1 is 0.500 bits per heavy atom. The summed E-state index contributed by atoms with van der Waals surface area (Å²) >= 11 is 0. The van der Waals surface area contributed by atoms with Gasteiger partial charge in [0, 0.05) is 0 Å². The molecule has 14 nitrogen and oxygen atoms in total. The van der Waals surface area contributed by atoms with Crippen molar-refractivity contribution in [2.75, 3.05) is 49.8 Å². The van der Waals surface area contributed by atoms with Crippen molar-refractivity contribution in [2.45, 2.75) is 12.8 Å². The molecular formula is C24H28O14. The van der Waals surface area contributed by atoms with Crippen LogP contribution in [-0.4, -0.2) is 91.6 Å². The number of hydrogen-bond donors (Lipinski definition) is 0. The number of hydrogen-bond acceptors (Lipinski definition) is 14. The summed E-state index contributed by atoms with van der Waals surface area (Å²) in [6, 6.07) is 0. The molecule has 38 heavy (non-hydrogen) atoms. The smallest absolute Gasteiger partial charge is 0.315 e. The quantitative estimate of drug-likeness (QED) is 0.277. The normalized spacial score (nSPS) is 40.8. The standard InChI is InChI=1S/C24H28O14/c1-32-13(25)11-12(14(26)33-2)22(17(29)36-5)10-8-20(11,15(27)34-3)23(18(30)37-6)21(9-10,16(28)35-4)24(22,23)19(31)38-7/h10-12H,8-9H2,1-7H3. The Bertz CT molecular complexity index is 1150. The van der Waals surface area contributed by atoms with E-state index in [0.717, 1.165) is 49.8 Å². The van der Waals surface area contributed by atoms with Crippen LogP contribution in [0.2, 0.25) is 0 Å². The molecule has 0 N–H and O–H groups in total. The van der Waals surface area contributed by atoms with Crippen LogP contribution < -0.4 is 0 Å². The van der Waals surface area contributed by atoms with Crippen LogP contribution in [0.4, 0.5) is 0 Å². The summed E-state index contributed by atoms with van der Waals surface area (Å²) in [5.41, 5.74) is -12.3. The van der Waals surface area contributed by atoms with Gasteiger partial charge in [0.05, 0.1) is 61.6 Å². The molecule has 0 aromatic carbocycles. The second-order valence-corrected chi connectivity index (χ2v) is 9.81. The van der Waals surface area contributed by atoms with E-state index in [9.17, 15) is 33.6 Å². The van der Waals surface area contributed by atoms with Gasteiger partial charge < -0.3 is 33.2 Å². The summed E-state index contributed by atoms with van der Waals surface area (Å²) in [6.07, 6.45) is -0.812. The Labute approximate surface area is 216 Å². The van der Waals surface area contributed by atoms with E-state index in [1.165, 1.54) is 0 Å². The Morgan fingerprint density at radius 3 is 1.39 bits per heavy atom. The van der Waals surface area contributed by atoms with Crippen LogP contribution in [0.3, 0.4) is 0 Å². The summed E-state index contributed by atoms with van der Waals surface area (Å²) in [4.78, 5) is 96.8. The van der Waals surface area contributed by atoms with Crippen molar-refractivity contribution in [2.24, 2.45) is 44.8 Å². The summed E-state index contributed by atoms with van der Waals surface area (Å²) in [5.74, 6) is -13.5. The Balaban J connectivity index is 2.36. The zero-order valence-electron chi connectivity index (χ0n) is 21.9. The van der Waals surface area contributed by atoms with Gasteiger partial charge in [-0.1, -0.05) is 0 Å². The van der Waals surface area contributed by atoms with Gasteiger partial charge in [0.2, 0.25) is 0 Å². The van der Waals surface area contributed by atoms with Crippen LogP contribution in [0.25, 0.3) is 0 Å². The number of carbonyl (C=O) groups excluding carboxylic acids is 7. The Morgan fingerprint density at radius 2 is 0.947 bits per heavy atom. The van der Waals surface area contributed by atoms with Crippen LogP contribution in [0.15, 0.2) is 0 Å². The average molecular weight is 540 g/mol. The van der Waals surface area contributed by atoms with E-state index in [2.05, 4.69) is 0 Å². The fraction of sp³-hybridized carbons (Fsp3) is 0.708. The van der Waals surface area contributed by atoms with E-state index in [1.807, 2.05) is 0 Å². The van der Waals surface area contributed by atoms with Gasteiger partial charge in [-0.2, -0.15) is 0 Å². The van der Waals surface area contributed by atoms with Crippen molar-refractivity contribution >= 4 is 41.8 Å². The van der Waals surface area contributed by atoms with E-state index >= 15 is 0 Å². The van der Waals surface area contributed by atoms with Crippen LogP contribution >= 0.6 is 0 Å². The van der Waals surface area contributed by atoms with Gasteiger partial charge in [-0.15, -0.1) is 0 Å². The lowest BCUT2D eigenvalue weighted by Crippen LogP contribution is -2.77. The summed E-state index contributed by atoms with van der Waals surface area (Å²) in [5, 5.41) is 0. The molecule has 0 amide bonds. The highest BCUT2D eigenvalue weighted by atomic mass is 16.6. The first-order chi connectivity index (χ1) is 17.9. The van der Waals surface area contributed by atoms with Crippen LogP contribution in [0.5, 0.6) is 0 Å². The first kappa shape index (κ1) is 27.3. The molecule has 14 heteroatoms. The minimum absolute atomic E-state index is 0.376. The number of carbonyl (C=O) groups is 7. The minimum atomic E-state index is -2.58. The van der Waals surface area contributed by atoms with Crippen LogP contribution in [-0.2, 0) is 66.7 Å². The van der Waals surface area contributed by atoms with Crippen LogP contribution in [0.1, 0.15) is 12.8 Å². The molecule has 6 saturated carbocycles. The lowest BCUT2D eigenvalue weighted by Gasteiger charge is -2.64. The third-order valence-electron chi connectivity index (χ3n) is 9.69. The summed E-state index contributed by atoms with van der Waals surface area (Å²) < 4.78 is 35.4. The molecular weight excluding hydrogens is 512 g/mol. The molecule has 6 aliphatic rings. The molecule has 0 aliphatic heterocycles. The van der Waals surface area contributed by atoms with Crippen molar-refractivity contribution in [1.29, 1.82) is 0 Å². The zero-order chi connectivity index (χ0) is 28.6. The second-order valence-electron chi connectivity index (χ2n) is 9.81.